The number of benzene rings is 5. The molecule has 2 aliphatic heterocycles. The second kappa shape index (κ2) is 8.72. The van der Waals surface area contributed by atoms with Crippen molar-refractivity contribution in [2.75, 3.05) is 0 Å². The molecule has 0 bridgehead atoms. The van der Waals surface area contributed by atoms with Crippen LogP contribution in [0.4, 0.5) is 0 Å². The lowest BCUT2D eigenvalue weighted by molar-refractivity contribution is 0.431. The van der Waals surface area contributed by atoms with Gasteiger partial charge in [0.2, 0.25) is 0 Å². The molecule has 5 aromatic carbocycles. The number of fused-ring (bicyclic) bond motifs is 8. The molecule has 0 saturated heterocycles. The summed E-state index contributed by atoms with van der Waals surface area (Å²) in [6.45, 7) is 0. The van der Waals surface area contributed by atoms with Crippen molar-refractivity contribution in [3.63, 3.8) is 0 Å². The second-order valence-electron chi connectivity index (χ2n) is 9.95. The van der Waals surface area contributed by atoms with E-state index in [0.717, 1.165) is 22.8 Å². The summed E-state index contributed by atoms with van der Waals surface area (Å²) in [6.07, 6.45) is 1.86. The summed E-state index contributed by atoms with van der Waals surface area (Å²) in [5.74, 6) is 1.81. The standard InChI is InChI=1S/C36H23NOS/c1-2-10-24(11-3-1)25-17-19-29-34(22-25)39-35-23-26(31-14-8-9-21-37-31)18-20-30(35)36(29)27-12-4-6-15-32(27)38-33-16-7-5-13-28(33)36/h1-23H. The van der Waals surface area contributed by atoms with E-state index in [1.807, 2.05) is 30.1 Å². The molecule has 3 heterocycles. The number of pyridine rings is 1. The Hall–Kier alpha value is -4.60. The van der Waals surface area contributed by atoms with Gasteiger partial charge in [-0.25, -0.2) is 0 Å². The van der Waals surface area contributed by atoms with Crippen LogP contribution in [0.3, 0.4) is 0 Å². The zero-order chi connectivity index (χ0) is 25.8. The van der Waals surface area contributed by atoms with Crippen molar-refractivity contribution in [3.8, 4) is 33.9 Å². The SMILES string of the molecule is c1ccc(-c2ccc3c(c2)Sc2cc(-c4ccccn4)ccc2C32c3ccccc3Oc3ccccc32)cc1. The average molecular weight is 518 g/mol. The minimum Gasteiger partial charge on any atom is -0.457 e. The first-order valence-electron chi connectivity index (χ1n) is 13.1. The van der Waals surface area contributed by atoms with Crippen molar-refractivity contribution in [1.29, 1.82) is 0 Å². The van der Waals surface area contributed by atoms with Gasteiger partial charge < -0.3 is 4.74 Å². The van der Waals surface area contributed by atoms with E-state index in [0.29, 0.717) is 0 Å². The lowest BCUT2D eigenvalue weighted by Crippen LogP contribution is -2.36. The first-order chi connectivity index (χ1) is 19.3. The van der Waals surface area contributed by atoms with Gasteiger partial charge >= 0.3 is 0 Å². The molecule has 184 valence electrons. The fraction of sp³-hybridized carbons (Fsp3) is 0.0278. The van der Waals surface area contributed by atoms with E-state index in [9.17, 15) is 0 Å². The minimum atomic E-state index is -0.501. The molecule has 6 aromatic rings. The highest BCUT2D eigenvalue weighted by Gasteiger charge is 2.49. The highest BCUT2D eigenvalue weighted by molar-refractivity contribution is 7.99. The maximum atomic E-state index is 6.50. The highest BCUT2D eigenvalue weighted by Crippen LogP contribution is 2.61. The van der Waals surface area contributed by atoms with Crippen LogP contribution in [0.2, 0.25) is 0 Å². The molecular weight excluding hydrogens is 494 g/mol. The Bertz CT molecular complexity index is 1730. The van der Waals surface area contributed by atoms with Crippen LogP contribution in [0.25, 0.3) is 22.4 Å². The average Bonchev–Trinajstić information content (AvgIpc) is 3.01. The van der Waals surface area contributed by atoms with Gasteiger partial charge in [0, 0.05) is 32.7 Å². The van der Waals surface area contributed by atoms with Gasteiger partial charge in [0.25, 0.3) is 0 Å². The summed E-state index contributed by atoms with van der Waals surface area (Å²) in [4.78, 5) is 7.14. The molecule has 0 atom stereocenters. The molecule has 8 rings (SSSR count). The number of nitrogens with zero attached hydrogens (tertiary/aromatic N) is 1. The molecule has 3 heteroatoms. The number of aromatic nitrogens is 1. The molecule has 0 fully saturated rings. The Morgan fingerprint density at radius 2 is 1.08 bits per heavy atom. The summed E-state index contributed by atoms with van der Waals surface area (Å²) in [7, 11) is 0. The van der Waals surface area contributed by atoms with Gasteiger partial charge in [0.05, 0.1) is 11.1 Å². The number of hydrogen-bond donors (Lipinski definition) is 0. The molecule has 0 amide bonds. The monoisotopic (exact) mass is 517 g/mol. The maximum Gasteiger partial charge on any atom is 0.132 e. The molecule has 2 nitrogen and oxygen atoms in total. The summed E-state index contributed by atoms with van der Waals surface area (Å²) < 4.78 is 6.50. The van der Waals surface area contributed by atoms with Gasteiger partial charge in [0.15, 0.2) is 0 Å². The third-order valence-corrected chi connectivity index (χ3v) is 8.98. The van der Waals surface area contributed by atoms with Gasteiger partial charge in [-0.1, -0.05) is 109 Å². The van der Waals surface area contributed by atoms with E-state index in [1.165, 1.54) is 43.2 Å². The molecule has 0 saturated carbocycles. The van der Waals surface area contributed by atoms with Gasteiger partial charge in [-0.05, 0) is 58.7 Å². The van der Waals surface area contributed by atoms with Crippen molar-refractivity contribution in [1.82, 2.24) is 4.98 Å². The summed E-state index contributed by atoms with van der Waals surface area (Å²) in [5, 5.41) is 0. The molecule has 0 aliphatic carbocycles. The van der Waals surface area contributed by atoms with Gasteiger partial charge in [-0.2, -0.15) is 0 Å². The fourth-order valence-electron chi connectivity index (χ4n) is 6.17. The number of ether oxygens (including phenoxy) is 1. The Balaban J connectivity index is 1.46. The Labute approximate surface area is 232 Å². The third-order valence-electron chi connectivity index (χ3n) is 7.86. The topological polar surface area (TPSA) is 22.1 Å². The molecular formula is C36H23NOS. The van der Waals surface area contributed by atoms with Crippen molar-refractivity contribution in [3.05, 3.63) is 162 Å². The van der Waals surface area contributed by atoms with E-state index in [1.54, 1.807) is 0 Å². The summed E-state index contributed by atoms with van der Waals surface area (Å²) in [5.41, 5.74) is 8.93. The van der Waals surface area contributed by atoms with Gasteiger partial charge in [0.1, 0.15) is 11.5 Å². The molecule has 39 heavy (non-hydrogen) atoms. The number of rotatable bonds is 2. The lowest BCUT2D eigenvalue weighted by Gasteiger charge is -2.45. The Morgan fingerprint density at radius 3 is 1.74 bits per heavy atom. The number of para-hydroxylation sites is 2. The van der Waals surface area contributed by atoms with Gasteiger partial charge in [-0.3, -0.25) is 4.98 Å². The van der Waals surface area contributed by atoms with Crippen LogP contribution < -0.4 is 4.74 Å². The van der Waals surface area contributed by atoms with Crippen LogP contribution in [-0.4, -0.2) is 4.98 Å². The van der Waals surface area contributed by atoms with Crippen LogP contribution in [0.1, 0.15) is 22.3 Å². The van der Waals surface area contributed by atoms with E-state index < -0.39 is 5.41 Å². The van der Waals surface area contributed by atoms with Crippen molar-refractivity contribution in [2.45, 2.75) is 15.2 Å². The quantitative estimate of drug-likeness (QED) is 0.228. The predicted molar refractivity (Wildman–Crippen MR) is 158 cm³/mol. The summed E-state index contributed by atoms with van der Waals surface area (Å²) in [6, 6.07) is 47.5. The first-order valence-corrected chi connectivity index (χ1v) is 13.9. The van der Waals surface area contributed by atoms with Crippen molar-refractivity contribution >= 4 is 11.8 Å². The lowest BCUT2D eigenvalue weighted by atomic mass is 9.63. The Kier molecular flexibility index (Phi) is 5.01. The molecule has 0 unspecified atom stereocenters. The molecule has 2 aliphatic rings. The molecule has 1 spiro atoms. The normalized spacial score (nSPS) is 13.9. The predicted octanol–water partition coefficient (Wildman–Crippen LogP) is 9.37. The highest BCUT2D eigenvalue weighted by atomic mass is 32.2. The zero-order valence-corrected chi connectivity index (χ0v) is 21.9. The van der Waals surface area contributed by atoms with Gasteiger partial charge in [-0.15, -0.1) is 0 Å². The molecule has 0 N–H and O–H groups in total. The van der Waals surface area contributed by atoms with E-state index in [2.05, 4.69) is 126 Å². The smallest absolute Gasteiger partial charge is 0.132 e. The second-order valence-corrected chi connectivity index (χ2v) is 11.0. The fourth-order valence-corrected chi connectivity index (χ4v) is 7.45. The maximum absolute atomic E-state index is 6.50. The first kappa shape index (κ1) is 22.4. The van der Waals surface area contributed by atoms with E-state index in [-0.39, 0.29) is 0 Å². The third kappa shape index (κ3) is 3.33. The van der Waals surface area contributed by atoms with Crippen LogP contribution >= 0.6 is 11.8 Å². The van der Waals surface area contributed by atoms with E-state index in [4.69, 9.17) is 4.74 Å². The van der Waals surface area contributed by atoms with Crippen LogP contribution in [-0.2, 0) is 5.41 Å². The van der Waals surface area contributed by atoms with Crippen molar-refractivity contribution in [2.24, 2.45) is 0 Å². The summed E-state index contributed by atoms with van der Waals surface area (Å²) >= 11 is 1.85. The zero-order valence-electron chi connectivity index (χ0n) is 21.0. The van der Waals surface area contributed by atoms with Crippen molar-refractivity contribution < 1.29 is 4.74 Å². The van der Waals surface area contributed by atoms with Crippen LogP contribution in [0, 0.1) is 0 Å². The molecule has 1 aromatic heterocycles. The Morgan fingerprint density at radius 1 is 0.487 bits per heavy atom. The van der Waals surface area contributed by atoms with Crippen LogP contribution in [0.5, 0.6) is 11.5 Å². The number of hydrogen-bond acceptors (Lipinski definition) is 3. The largest absolute Gasteiger partial charge is 0.457 e. The van der Waals surface area contributed by atoms with E-state index >= 15 is 0 Å². The minimum absolute atomic E-state index is 0.501. The molecule has 0 radical (unpaired) electrons. The van der Waals surface area contributed by atoms with Crippen LogP contribution in [0.15, 0.2) is 149 Å².